The van der Waals surface area contributed by atoms with Crippen LogP contribution < -0.4 is 14.0 Å². The first-order chi connectivity index (χ1) is 10.5. The first-order valence-corrected chi connectivity index (χ1v) is 8.89. The van der Waals surface area contributed by atoms with Crippen molar-refractivity contribution in [1.29, 1.82) is 0 Å². The summed E-state index contributed by atoms with van der Waals surface area (Å²) in [5.41, 5.74) is 2.70. The first-order valence-electron chi connectivity index (χ1n) is 6.51. The minimum Gasteiger partial charge on any atom is -0.182 e. The van der Waals surface area contributed by atoms with Gasteiger partial charge in [-0.3, -0.25) is 0 Å². The third kappa shape index (κ3) is 3.15. The SMILES string of the molecule is CC1=S(O[Cl+3]([O-])([O-])[O-])C(c2ccccc2)=Cc2ccccc21. The Hall–Kier alpha value is -1.47. The van der Waals surface area contributed by atoms with E-state index in [9.17, 15) is 14.0 Å². The maximum absolute atomic E-state index is 11.1. The summed E-state index contributed by atoms with van der Waals surface area (Å²) < 4.78 is 38.1. The summed E-state index contributed by atoms with van der Waals surface area (Å²) in [5, 5.41) is 0. The molecule has 4 nitrogen and oxygen atoms in total. The largest absolute Gasteiger partial charge is 0.182 e. The van der Waals surface area contributed by atoms with Crippen LogP contribution in [0.5, 0.6) is 0 Å². The Labute approximate surface area is 133 Å². The highest BCUT2D eigenvalue weighted by molar-refractivity contribution is 8.20. The van der Waals surface area contributed by atoms with Crippen molar-refractivity contribution in [3.8, 4) is 0 Å². The number of rotatable bonds is 3. The van der Waals surface area contributed by atoms with Gasteiger partial charge in [0.05, 0.1) is 15.1 Å². The molecule has 1 heterocycles. The summed E-state index contributed by atoms with van der Waals surface area (Å²) in [6.45, 7) is 1.79. The van der Waals surface area contributed by atoms with Crippen molar-refractivity contribution in [1.82, 2.24) is 0 Å². The number of hydrogen-bond donors (Lipinski definition) is 0. The quantitative estimate of drug-likeness (QED) is 0.778. The van der Waals surface area contributed by atoms with Gasteiger partial charge in [0.2, 0.25) is 0 Å². The van der Waals surface area contributed by atoms with Crippen LogP contribution in [0.3, 0.4) is 0 Å². The first kappa shape index (κ1) is 15.4. The van der Waals surface area contributed by atoms with Crippen LogP contribution >= 0.6 is 10.8 Å². The third-order valence-electron chi connectivity index (χ3n) is 3.30. The summed E-state index contributed by atoms with van der Waals surface area (Å²) in [6, 6.07) is 16.9. The fourth-order valence-electron chi connectivity index (χ4n) is 2.35. The second-order valence-electron chi connectivity index (χ2n) is 4.73. The van der Waals surface area contributed by atoms with Gasteiger partial charge < -0.3 is 0 Å². The zero-order valence-corrected chi connectivity index (χ0v) is 13.3. The topological polar surface area (TPSA) is 78.4 Å². The van der Waals surface area contributed by atoms with E-state index in [0.29, 0.717) is 4.91 Å². The van der Waals surface area contributed by atoms with E-state index >= 15 is 0 Å². The predicted molar refractivity (Wildman–Crippen MR) is 79.2 cm³/mol. The molecule has 6 heteroatoms. The summed E-state index contributed by atoms with van der Waals surface area (Å²) in [6.07, 6.45) is 1.88. The molecule has 2 aromatic rings. The molecule has 0 fully saturated rings. The summed E-state index contributed by atoms with van der Waals surface area (Å²) in [4.78, 5) is 1.41. The number of fused-ring (bicyclic) bond motifs is 1. The Bertz CT molecular complexity index is 763. The number of hydrogen-bond acceptors (Lipinski definition) is 4. The zero-order valence-electron chi connectivity index (χ0n) is 11.7. The van der Waals surface area contributed by atoms with E-state index in [0.717, 1.165) is 21.6 Å². The molecule has 2 aromatic carbocycles. The van der Waals surface area contributed by atoms with Crippen molar-refractivity contribution in [3.05, 3.63) is 71.3 Å². The third-order valence-corrected chi connectivity index (χ3v) is 5.95. The van der Waals surface area contributed by atoms with Gasteiger partial charge in [0.1, 0.15) is 14.5 Å². The lowest BCUT2D eigenvalue weighted by Crippen LogP contribution is -2.60. The lowest BCUT2D eigenvalue weighted by molar-refractivity contribution is -1.91. The Morgan fingerprint density at radius 2 is 1.55 bits per heavy atom. The van der Waals surface area contributed by atoms with Crippen molar-refractivity contribution < 1.29 is 28.0 Å². The van der Waals surface area contributed by atoms with Crippen LogP contribution in [0.15, 0.2) is 54.6 Å². The maximum Gasteiger partial charge on any atom is 0.143 e. The maximum atomic E-state index is 11.1. The Morgan fingerprint density at radius 1 is 0.909 bits per heavy atom. The van der Waals surface area contributed by atoms with E-state index in [2.05, 4.69) is 0 Å². The van der Waals surface area contributed by atoms with Crippen LogP contribution in [-0.2, 0) is 3.74 Å². The number of halogens is 1. The lowest BCUT2D eigenvalue weighted by Gasteiger charge is -2.21. The van der Waals surface area contributed by atoms with Crippen LogP contribution in [0, 0.1) is 10.2 Å². The smallest absolute Gasteiger partial charge is 0.143 e. The van der Waals surface area contributed by atoms with Crippen molar-refractivity contribution in [2.45, 2.75) is 6.92 Å². The number of benzene rings is 2. The van der Waals surface area contributed by atoms with Crippen molar-refractivity contribution >= 4 is 26.6 Å². The molecule has 0 spiro atoms. The molecule has 0 saturated carbocycles. The van der Waals surface area contributed by atoms with Crippen molar-refractivity contribution in [3.63, 3.8) is 0 Å². The molecule has 0 aliphatic carbocycles. The normalized spacial score (nSPS) is 17.9. The summed E-state index contributed by atoms with van der Waals surface area (Å²) in [7, 11) is -5.75. The molecule has 1 aliphatic rings. The standard InChI is InChI=1S/C16H13ClO4S/c1-12-15-10-6-5-9-14(15)11-16(13-7-3-2-4-8-13)22(12)21-17(18,19)20/h2-11H,1H3. The van der Waals surface area contributed by atoms with Gasteiger partial charge in [-0.1, -0.05) is 54.6 Å². The molecule has 0 amide bonds. The second-order valence-corrected chi connectivity index (χ2v) is 7.58. The fraction of sp³-hybridized carbons (Fsp3) is 0.0625. The molecule has 1 aliphatic heterocycles. The molecular formula is C16H13ClO4S. The van der Waals surface area contributed by atoms with Gasteiger partial charge >= 0.3 is 0 Å². The molecule has 0 radical (unpaired) electrons. The van der Waals surface area contributed by atoms with Crippen molar-refractivity contribution in [2.75, 3.05) is 0 Å². The lowest BCUT2D eigenvalue weighted by atomic mass is 10.0. The minimum absolute atomic E-state index is 0.684. The van der Waals surface area contributed by atoms with Gasteiger partial charge in [0.25, 0.3) is 0 Å². The van der Waals surface area contributed by atoms with E-state index in [-0.39, 0.29) is 0 Å². The molecular weight excluding hydrogens is 324 g/mol. The minimum atomic E-state index is -4.51. The average Bonchev–Trinajstić information content (AvgIpc) is 2.50. The zero-order chi connectivity index (χ0) is 15.7. The van der Waals surface area contributed by atoms with E-state index in [1.54, 1.807) is 6.92 Å². The van der Waals surface area contributed by atoms with Crippen LogP contribution in [0.2, 0.25) is 0 Å². The molecule has 0 aromatic heterocycles. The van der Waals surface area contributed by atoms with Crippen LogP contribution in [0.1, 0.15) is 23.6 Å². The molecule has 22 heavy (non-hydrogen) atoms. The van der Waals surface area contributed by atoms with E-state index < -0.39 is 21.0 Å². The summed E-state index contributed by atoms with van der Waals surface area (Å²) >= 11 is 0. The average molecular weight is 337 g/mol. The van der Waals surface area contributed by atoms with Crippen LogP contribution in [0.4, 0.5) is 0 Å². The molecule has 1 atom stereocenters. The van der Waals surface area contributed by atoms with Gasteiger partial charge in [-0.25, -0.2) is 0 Å². The molecule has 114 valence electrons. The van der Waals surface area contributed by atoms with Crippen LogP contribution in [0.25, 0.3) is 11.0 Å². The van der Waals surface area contributed by atoms with Gasteiger partial charge in [-0.05, 0) is 29.7 Å². The highest BCUT2D eigenvalue weighted by atomic mass is 35.7. The highest BCUT2D eigenvalue weighted by Gasteiger charge is 2.31. The van der Waals surface area contributed by atoms with Crippen molar-refractivity contribution in [2.24, 2.45) is 0 Å². The monoisotopic (exact) mass is 336 g/mol. The highest BCUT2D eigenvalue weighted by Crippen LogP contribution is 2.44. The molecule has 0 N–H and O–H groups in total. The predicted octanol–water partition coefficient (Wildman–Crippen LogP) is 0.837. The van der Waals surface area contributed by atoms with Gasteiger partial charge in [-0.15, -0.1) is 0 Å². The second kappa shape index (κ2) is 5.96. The van der Waals surface area contributed by atoms with Crippen LogP contribution in [-0.4, -0.2) is 4.86 Å². The molecule has 1 unspecified atom stereocenters. The summed E-state index contributed by atoms with van der Waals surface area (Å²) in [5.74, 6) is 0. The van der Waals surface area contributed by atoms with Gasteiger partial charge in [0, 0.05) is 4.86 Å². The molecule has 0 saturated heterocycles. The van der Waals surface area contributed by atoms with E-state index in [1.807, 2.05) is 60.7 Å². The Balaban J connectivity index is 2.20. The Morgan fingerprint density at radius 3 is 2.23 bits per heavy atom. The fourth-order valence-corrected chi connectivity index (χ4v) is 4.92. The molecule has 3 rings (SSSR count). The van der Waals surface area contributed by atoms with E-state index in [1.165, 1.54) is 0 Å². The molecule has 0 bridgehead atoms. The van der Waals surface area contributed by atoms with Gasteiger partial charge in [0.15, 0.2) is 0 Å². The Kier molecular flexibility index (Phi) is 4.18. The van der Waals surface area contributed by atoms with E-state index in [4.69, 9.17) is 3.74 Å². The van der Waals surface area contributed by atoms with Gasteiger partial charge in [-0.2, -0.15) is 14.0 Å².